The van der Waals surface area contributed by atoms with Crippen LogP contribution in [0.3, 0.4) is 0 Å². The minimum Gasteiger partial charge on any atom is -0.391 e. The summed E-state index contributed by atoms with van der Waals surface area (Å²) in [6, 6.07) is -12.8. The molecule has 1 saturated heterocycles. The van der Waals surface area contributed by atoms with Crippen molar-refractivity contribution in [3.63, 3.8) is 0 Å². The van der Waals surface area contributed by atoms with Crippen molar-refractivity contribution in [1.82, 2.24) is 53.2 Å². The van der Waals surface area contributed by atoms with Gasteiger partial charge in [0.2, 0.25) is 59.1 Å². The average Bonchev–Trinajstić information content (AvgIpc) is 3.35. The van der Waals surface area contributed by atoms with E-state index in [1.165, 1.54) is 20.3 Å². The van der Waals surface area contributed by atoms with Crippen LogP contribution in [-0.4, -0.2) is 169 Å². The first-order chi connectivity index (χ1) is 36.0. The molecular weight excluding hydrogens is 989 g/mol. The number of aliphatic hydroxyl groups is 2. The van der Waals surface area contributed by atoms with Crippen LogP contribution in [0.2, 0.25) is 0 Å². The maximum Gasteiger partial charge on any atom is 0.245 e. The van der Waals surface area contributed by atoms with E-state index in [1.54, 1.807) is 27.7 Å². The van der Waals surface area contributed by atoms with E-state index in [2.05, 4.69) is 53.2 Å². The van der Waals surface area contributed by atoms with Gasteiger partial charge in [-0.1, -0.05) is 59.8 Å². The summed E-state index contributed by atoms with van der Waals surface area (Å²) < 4.78 is 0. The molecule has 0 radical (unpaired) electrons. The van der Waals surface area contributed by atoms with E-state index < -0.39 is 139 Å². The molecule has 0 aromatic carbocycles. The van der Waals surface area contributed by atoms with Gasteiger partial charge in [-0.05, 0) is 116 Å². The summed E-state index contributed by atoms with van der Waals surface area (Å²) in [7, 11) is 0. The molecule has 2 rings (SSSR count). The first kappa shape index (κ1) is 66.6. The Morgan fingerprint density at radius 2 is 1.01 bits per heavy atom. The molecule has 26 heteroatoms. The molecule has 1 aliphatic carbocycles. The highest BCUT2D eigenvalue weighted by Gasteiger charge is 2.37. The molecule has 0 aromatic rings. The van der Waals surface area contributed by atoms with Gasteiger partial charge in [0, 0.05) is 13.0 Å². The summed E-state index contributed by atoms with van der Waals surface area (Å²) >= 11 is 0. The van der Waals surface area contributed by atoms with Crippen molar-refractivity contribution < 1.29 is 58.2 Å². The number of carbonyl (C=O) groups excluding carboxylic acids is 10. The Morgan fingerprint density at radius 3 is 1.46 bits per heavy atom. The van der Waals surface area contributed by atoms with Gasteiger partial charge in [0.05, 0.1) is 12.2 Å². The minimum atomic E-state index is -1.65. The Morgan fingerprint density at radius 1 is 0.553 bits per heavy atom. The zero-order valence-corrected chi connectivity index (χ0v) is 45.5. The second-order valence-corrected chi connectivity index (χ2v) is 21.0. The SMILES string of the molecule is CC(C)CC1NC(=O)C(CC(C)C)NC(=O)[C@H](CCN)NC(=O)C(NC(=O)[C@H](CCN)NC(=O)[C@@H](NC(=O)CCCC2CCCCC2)[C@@H](C)O)CCNC(=O)[C@H]([C@@H](C)O)NC(=O)[C@H](CCN)NC(=O)C(CCN)NC1=O. The van der Waals surface area contributed by atoms with E-state index in [0.717, 1.165) is 32.1 Å². The van der Waals surface area contributed by atoms with Gasteiger partial charge in [0.25, 0.3) is 0 Å². The Hall–Kier alpha value is -5.54. The average molecular weight is 1080 g/mol. The maximum absolute atomic E-state index is 14.3. The number of hydrogen-bond acceptors (Lipinski definition) is 16. The summed E-state index contributed by atoms with van der Waals surface area (Å²) in [5.74, 6) is -8.22. The van der Waals surface area contributed by atoms with Gasteiger partial charge < -0.3 is 86.3 Å². The van der Waals surface area contributed by atoms with Crippen LogP contribution in [0.4, 0.5) is 0 Å². The summed E-state index contributed by atoms with van der Waals surface area (Å²) in [6.07, 6.45) is 3.51. The third-order valence-corrected chi connectivity index (χ3v) is 13.3. The zero-order valence-electron chi connectivity index (χ0n) is 45.5. The van der Waals surface area contributed by atoms with Crippen LogP contribution in [0.5, 0.6) is 0 Å². The number of nitrogens with two attached hydrogens (primary N) is 4. The lowest BCUT2D eigenvalue weighted by atomic mass is 9.86. The summed E-state index contributed by atoms with van der Waals surface area (Å²) in [4.78, 5) is 139. The van der Waals surface area contributed by atoms with Crippen LogP contribution < -0.4 is 76.1 Å². The van der Waals surface area contributed by atoms with E-state index in [-0.39, 0.29) is 83.0 Å². The molecule has 1 heterocycles. The molecule has 20 N–H and O–H groups in total. The Labute approximate surface area is 447 Å². The van der Waals surface area contributed by atoms with Gasteiger partial charge in [-0.3, -0.25) is 47.9 Å². The van der Waals surface area contributed by atoms with Crippen LogP contribution in [0.25, 0.3) is 0 Å². The van der Waals surface area contributed by atoms with Crippen molar-refractivity contribution in [3.8, 4) is 0 Å². The minimum absolute atomic E-state index is 0.0692. The van der Waals surface area contributed by atoms with Crippen molar-refractivity contribution >= 4 is 59.1 Å². The summed E-state index contributed by atoms with van der Waals surface area (Å²) in [6.45, 7) is 8.80. The lowest BCUT2D eigenvalue weighted by molar-refractivity contribution is -0.136. The van der Waals surface area contributed by atoms with Crippen LogP contribution in [0.15, 0.2) is 0 Å². The molecule has 2 aliphatic rings. The number of amides is 10. The van der Waals surface area contributed by atoms with Gasteiger partial charge in [-0.25, -0.2) is 0 Å². The largest absolute Gasteiger partial charge is 0.391 e. The van der Waals surface area contributed by atoms with Gasteiger partial charge in [-0.15, -0.1) is 0 Å². The third-order valence-electron chi connectivity index (χ3n) is 13.3. The lowest BCUT2D eigenvalue weighted by Gasteiger charge is -2.29. The van der Waals surface area contributed by atoms with Crippen LogP contribution in [-0.2, 0) is 47.9 Å². The fraction of sp³-hybridized carbons (Fsp3) is 0.800. The lowest BCUT2D eigenvalue weighted by Crippen LogP contribution is -2.61. The highest BCUT2D eigenvalue weighted by atomic mass is 16.3. The molecule has 0 aromatic heterocycles. The third kappa shape index (κ3) is 23.8. The normalized spacial score (nSPS) is 25.0. The molecule has 434 valence electrons. The number of rotatable bonds is 23. The maximum atomic E-state index is 14.3. The van der Waals surface area contributed by atoms with E-state index in [0.29, 0.717) is 12.3 Å². The van der Waals surface area contributed by atoms with Crippen molar-refractivity contribution in [2.45, 2.75) is 204 Å². The van der Waals surface area contributed by atoms with Gasteiger partial charge >= 0.3 is 0 Å². The predicted octanol–water partition coefficient (Wildman–Crippen LogP) is -4.13. The smallest absolute Gasteiger partial charge is 0.245 e. The van der Waals surface area contributed by atoms with Crippen LogP contribution in [0.1, 0.15) is 138 Å². The van der Waals surface area contributed by atoms with Crippen molar-refractivity contribution in [3.05, 3.63) is 0 Å². The number of aliphatic hydroxyl groups excluding tert-OH is 2. The summed E-state index contributed by atoms with van der Waals surface area (Å²) in [5, 5.41) is 47.0. The Balaban J connectivity index is 2.60. The van der Waals surface area contributed by atoms with Gasteiger partial charge in [0.15, 0.2) is 0 Å². The topological polar surface area (TPSA) is 436 Å². The zero-order chi connectivity index (χ0) is 57.1. The molecule has 0 spiro atoms. The van der Waals surface area contributed by atoms with E-state index in [1.807, 2.05) is 0 Å². The summed E-state index contributed by atoms with van der Waals surface area (Å²) in [5.41, 5.74) is 23.4. The highest BCUT2D eigenvalue weighted by Crippen LogP contribution is 2.27. The van der Waals surface area contributed by atoms with Crippen molar-refractivity contribution in [2.24, 2.45) is 40.7 Å². The number of hydrogen-bond donors (Lipinski definition) is 16. The predicted molar refractivity (Wildman–Crippen MR) is 282 cm³/mol. The van der Waals surface area contributed by atoms with Gasteiger partial charge in [-0.2, -0.15) is 0 Å². The van der Waals surface area contributed by atoms with Crippen molar-refractivity contribution in [2.75, 3.05) is 32.7 Å². The fourth-order valence-corrected chi connectivity index (χ4v) is 9.10. The standard InChI is InChI=1S/C50H92N14O12/c1-27(2)25-37-47(73)58-32(15-20-51)42(68)57-35(18-23-54)46(72)64-40(29(5)65)49(75)55-24-19-36(45(71)56-33(16-21-52)44(70)61-38(26-28(3)4)48(74)62-37)59-43(69)34(17-22-53)60-50(76)41(30(6)66)63-39(67)14-10-13-31-11-8-7-9-12-31/h27-38,40-41,65-66H,7-26,51-54H2,1-6H3,(H,55,75)(H,56,71)(H,57,68)(H,58,73)(H,59,69)(H,60,76)(H,61,70)(H,62,74)(H,63,67)(H,64,72)/t29-,30-,32?,33+,34+,35+,36?,37?,38?,40+,41+/m1/s1. The second-order valence-electron chi connectivity index (χ2n) is 21.0. The van der Waals surface area contributed by atoms with E-state index in [4.69, 9.17) is 22.9 Å². The van der Waals surface area contributed by atoms with E-state index in [9.17, 15) is 58.2 Å². The van der Waals surface area contributed by atoms with E-state index >= 15 is 0 Å². The highest BCUT2D eigenvalue weighted by molar-refractivity contribution is 5.98. The Kier molecular flexibility index (Phi) is 30.6. The molecular formula is C50H92N14O12. The molecule has 10 amide bonds. The van der Waals surface area contributed by atoms with Crippen LogP contribution >= 0.6 is 0 Å². The molecule has 2 fully saturated rings. The van der Waals surface area contributed by atoms with Gasteiger partial charge in [0.1, 0.15) is 54.4 Å². The van der Waals surface area contributed by atoms with Crippen LogP contribution in [0, 0.1) is 17.8 Å². The molecule has 4 unspecified atom stereocenters. The molecule has 0 bridgehead atoms. The first-order valence-corrected chi connectivity index (χ1v) is 27.1. The first-order valence-electron chi connectivity index (χ1n) is 27.1. The number of nitrogens with one attached hydrogen (secondary N) is 10. The molecule has 11 atom stereocenters. The fourth-order valence-electron chi connectivity index (χ4n) is 9.10. The molecule has 1 saturated carbocycles. The molecule has 26 nitrogen and oxygen atoms in total. The van der Waals surface area contributed by atoms with Crippen molar-refractivity contribution in [1.29, 1.82) is 0 Å². The molecule has 1 aliphatic heterocycles. The quantitative estimate of drug-likeness (QED) is 0.0462. The monoisotopic (exact) mass is 1080 g/mol. The molecule has 76 heavy (non-hydrogen) atoms. The second kappa shape index (κ2) is 35.0. The Bertz CT molecular complexity index is 1900. The number of carbonyl (C=O) groups is 10.